The highest BCUT2D eigenvalue weighted by molar-refractivity contribution is 5.84. The van der Waals surface area contributed by atoms with Crippen molar-refractivity contribution in [1.82, 2.24) is 0 Å². The minimum absolute atomic E-state index is 0.222. The summed E-state index contributed by atoms with van der Waals surface area (Å²) in [6.07, 6.45) is -0.985. The number of hydrogen-bond donors (Lipinski definition) is 0. The van der Waals surface area contributed by atoms with Crippen LogP contribution in [0.1, 0.15) is 31.7 Å². The molecule has 0 amide bonds. The van der Waals surface area contributed by atoms with Crippen molar-refractivity contribution in [3.63, 3.8) is 0 Å². The van der Waals surface area contributed by atoms with Gasteiger partial charge in [0.2, 0.25) is 0 Å². The molecule has 0 radical (unpaired) electrons. The van der Waals surface area contributed by atoms with Gasteiger partial charge in [0.15, 0.2) is 0 Å². The molecule has 25 heavy (non-hydrogen) atoms. The Kier molecular flexibility index (Phi) is 5.02. The first-order valence-corrected chi connectivity index (χ1v) is 8.34. The molecule has 2 aromatic carbocycles. The number of ether oxygens (including phenoxy) is 1. The standard InChI is InChI=1S/C20H19F3O2/c1-2-3-4-7-14-10-11-16(19(12-14)25-20(21,22)23)18-13-15-8-5-6-9-17(15)24-18/h5-6,8-13H,2-4,7H2,1H3. The van der Waals surface area contributed by atoms with Crippen LogP contribution in [0.3, 0.4) is 0 Å². The highest BCUT2D eigenvalue weighted by Crippen LogP contribution is 2.37. The molecule has 0 saturated carbocycles. The fourth-order valence-corrected chi connectivity index (χ4v) is 2.83. The maximum atomic E-state index is 12.8. The van der Waals surface area contributed by atoms with Gasteiger partial charge < -0.3 is 9.15 Å². The molecule has 1 heterocycles. The Labute approximate surface area is 144 Å². The smallest absolute Gasteiger partial charge is 0.456 e. The molecule has 3 aromatic rings. The van der Waals surface area contributed by atoms with Crippen molar-refractivity contribution in [2.24, 2.45) is 0 Å². The number of benzene rings is 2. The third kappa shape index (κ3) is 4.35. The summed E-state index contributed by atoms with van der Waals surface area (Å²) in [5, 5.41) is 0.836. The largest absolute Gasteiger partial charge is 0.573 e. The predicted octanol–water partition coefficient (Wildman–Crippen LogP) is 6.73. The number of halogens is 3. The Morgan fingerprint density at radius 3 is 2.52 bits per heavy atom. The SMILES string of the molecule is CCCCCc1ccc(-c2cc3ccccc3o2)c(OC(F)(F)F)c1. The van der Waals surface area contributed by atoms with Crippen LogP contribution >= 0.6 is 0 Å². The Morgan fingerprint density at radius 1 is 1.00 bits per heavy atom. The van der Waals surface area contributed by atoms with Crippen LogP contribution in [0, 0.1) is 0 Å². The van der Waals surface area contributed by atoms with Crippen LogP contribution in [0.25, 0.3) is 22.3 Å². The number of hydrogen-bond acceptors (Lipinski definition) is 2. The van der Waals surface area contributed by atoms with Crippen LogP contribution in [0.5, 0.6) is 5.75 Å². The van der Waals surface area contributed by atoms with Gasteiger partial charge >= 0.3 is 6.36 Å². The van der Waals surface area contributed by atoms with E-state index in [0.29, 0.717) is 16.9 Å². The number of aryl methyl sites for hydroxylation is 1. The quantitative estimate of drug-likeness (QED) is 0.461. The minimum Gasteiger partial charge on any atom is -0.456 e. The van der Waals surface area contributed by atoms with Crippen molar-refractivity contribution >= 4 is 11.0 Å². The highest BCUT2D eigenvalue weighted by atomic mass is 19.4. The second-order valence-corrected chi connectivity index (χ2v) is 5.98. The molecule has 132 valence electrons. The highest BCUT2D eigenvalue weighted by Gasteiger charge is 2.32. The topological polar surface area (TPSA) is 22.4 Å². The average Bonchev–Trinajstić information content (AvgIpc) is 2.97. The van der Waals surface area contributed by atoms with Crippen LogP contribution in [0.2, 0.25) is 0 Å². The van der Waals surface area contributed by atoms with Gasteiger partial charge in [-0.1, -0.05) is 44.0 Å². The van der Waals surface area contributed by atoms with E-state index in [9.17, 15) is 13.2 Å². The van der Waals surface area contributed by atoms with Gasteiger partial charge in [0.25, 0.3) is 0 Å². The Bertz CT molecular complexity index is 817. The summed E-state index contributed by atoms with van der Waals surface area (Å²) in [6.45, 7) is 2.09. The number of rotatable bonds is 6. The van der Waals surface area contributed by atoms with Gasteiger partial charge in [-0.3, -0.25) is 0 Å². The summed E-state index contributed by atoms with van der Waals surface area (Å²) >= 11 is 0. The molecule has 0 fully saturated rings. The minimum atomic E-state index is -4.75. The number of unbranched alkanes of at least 4 members (excludes halogenated alkanes) is 2. The molecule has 0 spiro atoms. The zero-order valence-corrected chi connectivity index (χ0v) is 13.9. The van der Waals surface area contributed by atoms with Gasteiger partial charge in [-0.05, 0) is 42.7 Å². The van der Waals surface area contributed by atoms with Gasteiger partial charge in [-0.2, -0.15) is 0 Å². The number of alkyl halides is 3. The van der Waals surface area contributed by atoms with E-state index in [0.717, 1.165) is 36.6 Å². The fourth-order valence-electron chi connectivity index (χ4n) is 2.83. The summed E-state index contributed by atoms with van der Waals surface area (Å²) in [5.41, 5.74) is 1.75. The van der Waals surface area contributed by atoms with Crippen molar-refractivity contribution < 1.29 is 22.3 Å². The molecule has 0 aliphatic carbocycles. The number of fused-ring (bicyclic) bond motifs is 1. The van der Waals surface area contributed by atoms with E-state index in [1.54, 1.807) is 18.2 Å². The molecular weight excluding hydrogens is 329 g/mol. The second kappa shape index (κ2) is 7.21. The molecule has 0 saturated heterocycles. The lowest BCUT2D eigenvalue weighted by Crippen LogP contribution is -2.17. The van der Waals surface area contributed by atoms with E-state index in [1.807, 2.05) is 24.3 Å². The molecule has 0 N–H and O–H groups in total. The zero-order chi connectivity index (χ0) is 17.9. The lowest BCUT2D eigenvalue weighted by molar-refractivity contribution is -0.274. The molecule has 0 unspecified atom stereocenters. The number of para-hydroxylation sites is 1. The van der Waals surface area contributed by atoms with Gasteiger partial charge in [0, 0.05) is 5.39 Å². The van der Waals surface area contributed by atoms with E-state index in [4.69, 9.17) is 4.42 Å². The molecule has 0 atom stereocenters. The van der Waals surface area contributed by atoms with Crippen LogP contribution in [-0.2, 0) is 6.42 Å². The molecule has 0 aliphatic rings. The Morgan fingerprint density at radius 2 is 1.80 bits per heavy atom. The first-order chi connectivity index (χ1) is 12.0. The van der Waals surface area contributed by atoms with E-state index in [1.165, 1.54) is 6.07 Å². The van der Waals surface area contributed by atoms with E-state index in [-0.39, 0.29) is 5.75 Å². The maximum Gasteiger partial charge on any atom is 0.573 e. The van der Waals surface area contributed by atoms with Gasteiger partial charge in [-0.25, -0.2) is 0 Å². The lowest BCUT2D eigenvalue weighted by Gasteiger charge is -2.13. The molecule has 1 aromatic heterocycles. The van der Waals surface area contributed by atoms with Crippen LogP contribution in [0.15, 0.2) is 52.9 Å². The molecule has 5 heteroatoms. The lowest BCUT2D eigenvalue weighted by atomic mass is 10.0. The fraction of sp³-hybridized carbons (Fsp3) is 0.300. The van der Waals surface area contributed by atoms with Crippen molar-refractivity contribution in [3.05, 3.63) is 54.1 Å². The van der Waals surface area contributed by atoms with Crippen LogP contribution in [0.4, 0.5) is 13.2 Å². The zero-order valence-electron chi connectivity index (χ0n) is 13.9. The first-order valence-electron chi connectivity index (χ1n) is 8.34. The van der Waals surface area contributed by atoms with E-state index < -0.39 is 6.36 Å². The molecular formula is C20H19F3O2. The van der Waals surface area contributed by atoms with Gasteiger partial charge in [0.05, 0.1) is 5.56 Å². The second-order valence-electron chi connectivity index (χ2n) is 5.98. The van der Waals surface area contributed by atoms with Gasteiger partial charge in [0.1, 0.15) is 17.1 Å². The van der Waals surface area contributed by atoms with E-state index in [2.05, 4.69) is 11.7 Å². The van der Waals surface area contributed by atoms with E-state index >= 15 is 0 Å². The van der Waals surface area contributed by atoms with Crippen molar-refractivity contribution in [2.75, 3.05) is 0 Å². The van der Waals surface area contributed by atoms with Crippen molar-refractivity contribution in [1.29, 1.82) is 0 Å². The molecule has 0 bridgehead atoms. The summed E-state index contributed by atoms with van der Waals surface area (Å²) in [4.78, 5) is 0. The average molecular weight is 348 g/mol. The first kappa shape index (κ1) is 17.4. The summed E-state index contributed by atoms with van der Waals surface area (Å²) in [5.74, 6) is 0.140. The monoisotopic (exact) mass is 348 g/mol. The molecule has 0 aliphatic heterocycles. The summed E-state index contributed by atoms with van der Waals surface area (Å²) < 4.78 is 48.5. The molecule has 3 rings (SSSR count). The Hall–Kier alpha value is -2.43. The van der Waals surface area contributed by atoms with Crippen molar-refractivity contribution in [2.45, 2.75) is 39.0 Å². The summed E-state index contributed by atoms with van der Waals surface area (Å²) in [7, 11) is 0. The predicted molar refractivity (Wildman–Crippen MR) is 91.6 cm³/mol. The third-order valence-electron chi connectivity index (χ3n) is 4.03. The Balaban J connectivity index is 1.98. The maximum absolute atomic E-state index is 12.8. The summed E-state index contributed by atoms with van der Waals surface area (Å²) in [6, 6.07) is 14.0. The van der Waals surface area contributed by atoms with Crippen LogP contribution < -0.4 is 4.74 Å². The van der Waals surface area contributed by atoms with Crippen molar-refractivity contribution in [3.8, 4) is 17.1 Å². The molecule has 2 nitrogen and oxygen atoms in total. The normalized spacial score (nSPS) is 11.8. The van der Waals surface area contributed by atoms with Crippen LogP contribution in [-0.4, -0.2) is 6.36 Å². The van der Waals surface area contributed by atoms with Gasteiger partial charge in [-0.15, -0.1) is 13.2 Å². The third-order valence-corrected chi connectivity index (χ3v) is 4.03. The number of furan rings is 1.